The van der Waals surface area contributed by atoms with Crippen molar-refractivity contribution in [1.82, 2.24) is 20.4 Å². The average molecular weight is 891 g/mol. The lowest BCUT2D eigenvalue weighted by molar-refractivity contribution is -0.150. The lowest BCUT2D eigenvalue weighted by Gasteiger charge is -2.22. The minimum Gasteiger partial charge on any atom is -0.466 e. The molecule has 1 atom stereocenters. The van der Waals surface area contributed by atoms with E-state index in [-0.39, 0.29) is 18.0 Å². The highest BCUT2D eigenvalue weighted by molar-refractivity contribution is 5.81. The Kier molecular flexibility index (Phi) is 47.1. The normalized spacial score (nSPS) is 12.2. The van der Waals surface area contributed by atoms with Crippen LogP contribution >= 0.6 is 0 Å². The van der Waals surface area contributed by atoms with Crippen molar-refractivity contribution in [3.63, 3.8) is 0 Å². The quantitative estimate of drug-likeness (QED) is 0.0152. The van der Waals surface area contributed by atoms with Gasteiger partial charge in [-0.25, -0.2) is 0 Å². The molecule has 0 aromatic heterocycles. The summed E-state index contributed by atoms with van der Waals surface area (Å²) in [7, 11) is 4.05. The van der Waals surface area contributed by atoms with Crippen LogP contribution in [0, 0.1) is 11.5 Å². The molecule has 0 radical (unpaired) electrons. The monoisotopic (exact) mass is 891 g/mol. The van der Waals surface area contributed by atoms with Crippen LogP contribution in [0.2, 0.25) is 0 Å². The minimum atomic E-state index is -0.0395. The zero-order chi connectivity index (χ0) is 46.1. The van der Waals surface area contributed by atoms with E-state index in [1.165, 1.54) is 103 Å². The topological polar surface area (TPSA) is 129 Å². The van der Waals surface area contributed by atoms with Gasteiger partial charge >= 0.3 is 11.9 Å². The number of ether oxygens (including phenoxy) is 3. The second-order valence-corrected chi connectivity index (χ2v) is 18.3. The number of unbranched alkanes of at least 4 members (excludes halogenated alkanes) is 23. The Labute approximate surface area is 389 Å². The third-order valence-electron chi connectivity index (χ3n) is 11.8. The molecule has 63 heavy (non-hydrogen) atoms. The van der Waals surface area contributed by atoms with Crippen molar-refractivity contribution < 1.29 is 23.8 Å². The molecule has 11 heteroatoms. The fraction of sp³-hybridized carbons (Fsp3) is 0.923. The van der Waals surface area contributed by atoms with Crippen molar-refractivity contribution in [2.45, 2.75) is 239 Å². The molecule has 0 spiro atoms. The summed E-state index contributed by atoms with van der Waals surface area (Å²) in [6.45, 7) is 13.7. The predicted octanol–water partition coefficient (Wildman–Crippen LogP) is 12.3. The summed E-state index contributed by atoms with van der Waals surface area (Å²) in [5.74, 6) is 0.465. The minimum absolute atomic E-state index is 0.00350. The largest absolute Gasteiger partial charge is 0.466 e. The predicted molar refractivity (Wildman–Crippen MR) is 265 cm³/mol. The van der Waals surface area contributed by atoms with E-state index in [0.29, 0.717) is 51.7 Å². The van der Waals surface area contributed by atoms with Gasteiger partial charge in [-0.15, -0.1) is 0 Å². The summed E-state index contributed by atoms with van der Waals surface area (Å²) >= 11 is 0. The van der Waals surface area contributed by atoms with Crippen LogP contribution in [-0.2, 0) is 23.8 Å². The summed E-state index contributed by atoms with van der Waals surface area (Å²) in [5, 5.41) is 15.1. The van der Waals surface area contributed by atoms with Crippen LogP contribution in [0.25, 0.3) is 0 Å². The van der Waals surface area contributed by atoms with Gasteiger partial charge in [0.25, 0.3) is 0 Å². The summed E-state index contributed by atoms with van der Waals surface area (Å²) in [5.41, 5.74) is 0. The van der Waals surface area contributed by atoms with Crippen molar-refractivity contribution in [3.8, 4) is 6.19 Å². The number of hydrogen-bond acceptors (Lipinski definition) is 9. The van der Waals surface area contributed by atoms with E-state index >= 15 is 0 Å². The number of guanidine groups is 1. The highest BCUT2D eigenvalue weighted by Gasteiger charge is 2.14. The second kappa shape index (κ2) is 49.0. The maximum atomic E-state index is 12.9. The van der Waals surface area contributed by atoms with Gasteiger partial charge < -0.3 is 29.3 Å². The van der Waals surface area contributed by atoms with E-state index in [1.807, 2.05) is 20.3 Å². The highest BCUT2D eigenvalue weighted by Crippen LogP contribution is 2.18. The molecule has 11 nitrogen and oxygen atoms in total. The number of nitriles is 1. The van der Waals surface area contributed by atoms with Gasteiger partial charge in [-0.3, -0.25) is 19.9 Å². The lowest BCUT2D eigenvalue weighted by atomic mass is 10.0. The molecule has 0 aliphatic heterocycles. The SMILES string of the molecule is CCCCCCCCCOC(=O)CCCCCCCN(CCCCCCCC(=O)OC(CCCCCCC)CCCCCCCC)CCCN=C(NC#N)NCCOCCN(C)C. The van der Waals surface area contributed by atoms with Gasteiger partial charge in [0.1, 0.15) is 6.10 Å². The number of nitrogens with zero attached hydrogens (tertiary/aromatic N) is 4. The van der Waals surface area contributed by atoms with Gasteiger partial charge in [0.05, 0.1) is 19.8 Å². The Balaban J connectivity index is 4.70. The Hall–Kier alpha value is -2.42. The number of likely N-dealkylation sites (N-methyl/N-ethyl adjacent to an activating group) is 1. The molecular formula is C52H102N6O5. The molecule has 0 saturated carbocycles. The fourth-order valence-corrected chi connectivity index (χ4v) is 7.83. The van der Waals surface area contributed by atoms with Gasteiger partial charge in [-0.1, -0.05) is 156 Å². The summed E-state index contributed by atoms with van der Waals surface area (Å²) < 4.78 is 17.2. The summed E-state index contributed by atoms with van der Waals surface area (Å²) in [6, 6.07) is 0. The molecular weight excluding hydrogens is 789 g/mol. The number of carbonyl (C=O) groups excluding carboxylic acids is 2. The number of carbonyl (C=O) groups is 2. The third kappa shape index (κ3) is 45.9. The first-order valence-corrected chi connectivity index (χ1v) is 26.6. The molecule has 0 amide bonds. The van der Waals surface area contributed by atoms with Crippen molar-refractivity contribution in [2.24, 2.45) is 4.99 Å². The van der Waals surface area contributed by atoms with Crippen molar-refractivity contribution >= 4 is 17.9 Å². The van der Waals surface area contributed by atoms with Crippen LogP contribution in [0.3, 0.4) is 0 Å². The molecule has 0 aliphatic carbocycles. The first kappa shape index (κ1) is 60.6. The van der Waals surface area contributed by atoms with Crippen LogP contribution in [0.1, 0.15) is 233 Å². The van der Waals surface area contributed by atoms with Gasteiger partial charge in [0.2, 0.25) is 5.96 Å². The van der Waals surface area contributed by atoms with Crippen LogP contribution in [0.15, 0.2) is 4.99 Å². The molecule has 0 aromatic carbocycles. The van der Waals surface area contributed by atoms with Gasteiger partial charge in [-0.2, -0.15) is 5.26 Å². The van der Waals surface area contributed by atoms with E-state index in [9.17, 15) is 14.9 Å². The first-order chi connectivity index (χ1) is 30.9. The van der Waals surface area contributed by atoms with Gasteiger partial charge in [0, 0.05) is 32.5 Å². The Bertz CT molecular complexity index is 1070. The van der Waals surface area contributed by atoms with E-state index in [0.717, 1.165) is 122 Å². The summed E-state index contributed by atoms with van der Waals surface area (Å²) in [4.78, 5) is 34.4. The number of hydrogen-bond donors (Lipinski definition) is 2. The molecule has 0 fully saturated rings. The molecule has 0 aliphatic rings. The van der Waals surface area contributed by atoms with E-state index < -0.39 is 0 Å². The van der Waals surface area contributed by atoms with Crippen LogP contribution in [-0.4, -0.2) is 107 Å². The number of rotatable bonds is 48. The van der Waals surface area contributed by atoms with Crippen molar-refractivity contribution in [3.05, 3.63) is 0 Å². The smallest absolute Gasteiger partial charge is 0.306 e. The first-order valence-electron chi connectivity index (χ1n) is 26.6. The van der Waals surface area contributed by atoms with E-state index in [2.05, 4.69) is 46.2 Å². The molecule has 2 N–H and O–H groups in total. The Morgan fingerprint density at radius 2 is 1.03 bits per heavy atom. The molecule has 1 unspecified atom stereocenters. The van der Waals surface area contributed by atoms with Gasteiger partial charge in [-0.05, 0) is 97.9 Å². The van der Waals surface area contributed by atoms with Gasteiger partial charge in [0.15, 0.2) is 6.19 Å². The van der Waals surface area contributed by atoms with Crippen LogP contribution in [0.5, 0.6) is 0 Å². The number of aliphatic imine (C=N–C) groups is 1. The lowest BCUT2D eigenvalue weighted by Crippen LogP contribution is -2.37. The molecule has 0 bridgehead atoms. The van der Waals surface area contributed by atoms with Crippen LogP contribution in [0.4, 0.5) is 0 Å². The maximum Gasteiger partial charge on any atom is 0.306 e. The number of esters is 2. The molecule has 0 heterocycles. The third-order valence-corrected chi connectivity index (χ3v) is 11.8. The molecule has 0 rings (SSSR count). The Morgan fingerprint density at radius 3 is 1.57 bits per heavy atom. The molecule has 370 valence electrons. The highest BCUT2D eigenvalue weighted by atomic mass is 16.5. The Morgan fingerprint density at radius 1 is 0.556 bits per heavy atom. The standard InChI is InChI=1S/C52H102N6O5/c1-6-9-12-15-17-26-33-45-62-50(59)37-29-22-18-24-31-41-58(43-34-39-54-52(56-48-53)55-40-46-61-47-44-57(4)5)42-32-25-19-23-30-38-51(60)63-49(35-27-20-14-11-8-3)36-28-21-16-13-10-7-2/h49H,6-47H2,1-5H3,(H2,54,55,56). The van der Waals surface area contributed by atoms with Crippen molar-refractivity contribution in [2.75, 3.05) is 73.2 Å². The zero-order valence-electron chi connectivity index (χ0n) is 42.1. The molecule has 0 aromatic rings. The zero-order valence-corrected chi connectivity index (χ0v) is 42.1. The summed E-state index contributed by atoms with van der Waals surface area (Å²) in [6.07, 6.45) is 39.4. The van der Waals surface area contributed by atoms with E-state index in [4.69, 9.17) is 14.2 Å². The second-order valence-electron chi connectivity index (χ2n) is 18.3. The maximum absolute atomic E-state index is 12.9. The molecule has 0 saturated heterocycles. The number of nitrogens with one attached hydrogen (secondary N) is 2. The average Bonchev–Trinajstić information content (AvgIpc) is 3.26. The van der Waals surface area contributed by atoms with Crippen molar-refractivity contribution in [1.29, 1.82) is 5.26 Å². The van der Waals surface area contributed by atoms with Crippen LogP contribution < -0.4 is 10.6 Å². The van der Waals surface area contributed by atoms with E-state index in [1.54, 1.807) is 0 Å². The fourth-order valence-electron chi connectivity index (χ4n) is 7.83.